The molecule has 0 N–H and O–H groups in total. The van der Waals surface area contributed by atoms with Crippen molar-refractivity contribution >= 4 is 28.7 Å². The van der Waals surface area contributed by atoms with Gasteiger partial charge in [-0.1, -0.05) is 53.8 Å². The quantitative estimate of drug-likeness (QED) is 0.598. The second-order valence-electron chi connectivity index (χ2n) is 6.80. The predicted octanol–water partition coefficient (Wildman–Crippen LogP) is 4.38. The zero-order chi connectivity index (χ0) is 18.8. The van der Waals surface area contributed by atoms with Crippen LogP contribution in [0.2, 0.25) is 0 Å². The van der Waals surface area contributed by atoms with Gasteiger partial charge in [0.05, 0.1) is 0 Å². The fraction of sp³-hybridized carbons (Fsp3) is 0.238. The van der Waals surface area contributed by atoms with Gasteiger partial charge in [-0.2, -0.15) is 0 Å². The van der Waals surface area contributed by atoms with E-state index in [1.54, 1.807) is 17.0 Å². The van der Waals surface area contributed by atoms with Gasteiger partial charge in [0, 0.05) is 23.2 Å². The van der Waals surface area contributed by atoms with Crippen molar-refractivity contribution in [1.29, 1.82) is 0 Å². The molecular formula is C21H19N3O2S. The first-order valence-corrected chi connectivity index (χ1v) is 9.74. The maximum Gasteiger partial charge on any atom is 0.260 e. The molecular weight excluding hydrogens is 358 g/mol. The van der Waals surface area contributed by atoms with Crippen LogP contribution in [0.15, 0.2) is 48.5 Å². The first kappa shape index (κ1) is 17.5. The van der Waals surface area contributed by atoms with Crippen LogP contribution in [-0.4, -0.2) is 28.9 Å². The van der Waals surface area contributed by atoms with Gasteiger partial charge in [0.1, 0.15) is 11.3 Å². The summed E-state index contributed by atoms with van der Waals surface area (Å²) in [6.45, 7) is 2.62. The van der Waals surface area contributed by atoms with Crippen LogP contribution in [0.1, 0.15) is 39.1 Å². The summed E-state index contributed by atoms with van der Waals surface area (Å²) in [6, 6.07) is 14.8. The first-order valence-electron chi connectivity index (χ1n) is 8.92. The third kappa shape index (κ3) is 3.80. The lowest BCUT2D eigenvalue weighted by Gasteiger charge is -2.20. The zero-order valence-corrected chi connectivity index (χ0v) is 15.8. The minimum Gasteiger partial charge on any atom is -0.298 e. The van der Waals surface area contributed by atoms with Gasteiger partial charge in [0.25, 0.3) is 5.91 Å². The molecule has 3 aromatic rings. The van der Waals surface area contributed by atoms with Gasteiger partial charge in [0.2, 0.25) is 5.13 Å². The van der Waals surface area contributed by atoms with E-state index < -0.39 is 0 Å². The van der Waals surface area contributed by atoms with Gasteiger partial charge in [-0.15, -0.1) is 10.2 Å². The molecule has 0 aliphatic heterocycles. The van der Waals surface area contributed by atoms with Crippen molar-refractivity contribution in [3.8, 4) is 10.6 Å². The molecule has 4 rings (SSSR count). The minimum atomic E-state index is -0.0287. The first-order chi connectivity index (χ1) is 13.2. The van der Waals surface area contributed by atoms with Crippen molar-refractivity contribution in [3.63, 3.8) is 0 Å². The molecule has 136 valence electrons. The fourth-order valence-electron chi connectivity index (χ4n) is 2.91. The molecule has 0 radical (unpaired) electrons. The number of nitrogens with zero attached hydrogens (tertiary/aromatic N) is 3. The smallest absolute Gasteiger partial charge is 0.260 e. The summed E-state index contributed by atoms with van der Waals surface area (Å²) in [5.74, 6) is 0.510. The molecule has 0 spiro atoms. The van der Waals surface area contributed by atoms with Gasteiger partial charge in [-0.05, 0) is 37.3 Å². The largest absolute Gasteiger partial charge is 0.298 e. The summed E-state index contributed by atoms with van der Waals surface area (Å²) in [5.41, 5.74) is 3.16. The average molecular weight is 377 g/mol. The Morgan fingerprint density at radius 3 is 2.56 bits per heavy atom. The molecule has 1 fully saturated rings. The summed E-state index contributed by atoms with van der Waals surface area (Å²) >= 11 is 1.40. The van der Waals surface area contributed by atoms with Crippen molar-refractivity contribution in [2.45, 2.75) is 19.8 Å². The molecule has 1 amide bonds. The van der Waals surface area contributed by atoms with Crippen molar-refractivity contribution < 1.29 is 9.59 Å². The molecule has 1 aromatic heterocycles. The van der Waals surface area contributed by atoms with Crippen LogP contribution in [0.3, 0.4) is 0 Å². The molecule has 0 saturated heterocycles. The molecule has 1 saturated carbocycles. The predicted molar refractivity (Wildman–Crippen MR) is 106 cm³/mol. The maximum atomic E-state index is 13.2. The Morgan fingerprint density at radius 1 is 1.15 bits per heavy atom. The summed E-state index contributed by atoms with van der Waals surface area (Å²) in [6.07, 6.45) is 3.11. The van der Waals surface area contributed by atoms with Crippen LogP contribution in [-0.2, 0) is 0 Å². The van der Waals surface area contributed by atoms with E-state index in [1.807, 2.05) is 43.3 Å². The highest BCUT2D eigenvalue weighted by molar-refractivity contribution is 7.18. The SMILES string of the molecule is Cc1ccccc1C(=O)N(CC1CC1)c1nnc(-c2ccc(C=O)cc2)s1. The average Bonchev–Trinajstić information content (AvgIpc) is 3.40. The lowest BCUT2D eigenvalue weighted by molar-refractivity contribution is 0.0984. The monoisotopic (exact) mass is 377 g/mol. The van der Waals surface area contributed by atoms with Crippen LogP contribution in [0.5, 0.6) is 0 Å². The Kier molecular flexibility index (Phi) is 4.81. The number of carbonyl (C=O) groups excluding carboxylic acids is 2. The second kappa shape index (κ2) is 7.40. The van der Waals surface area contributed by atoms with E-state index in [2.05, 4.69) is 10.2 Å². The number of aldehydes is 1. The molecule has 1 aliphatic rings. The van der Waals surface area contributed by atoms with E-state index in [1.165, 1.54) is 11.3 Å². The van der Waals surface area contributed by atoms with E-state index in [-0.39, 0.29) is 5.91 Å². The van der Waals surface area contributed by atoms with E-state index in [9.17, 15) is 9.59 Å². The third-order valence-electron chi connectivity index (χ3n) is 4.70. The van der Waals surface area contributed by atoms with Gasteiger partial charge in [0.15, 0.2) is 0 Å². The minimum absolute atomic E-state index is 0.0287. The highest BCUT2D eigenvalue weighted by Gasteiger charge is 2.30. The number of hydrogen-bond acceptors (Lipinski definition) is 5. The summed E-state index contributed by atoms with van der Waals surface area (Å²) in [7, 11) is 0. The Hall–Kier alpha value is -2.86. The van der Waals surface area contributed by atoms with E-state index >= 15 is 0 Å². The summed E-state index contributed by atoms with van der Waals surface area (Å²) in [5, 5.41) is 9.92. The van der Waals surface area contributed by atoms with Crippen molar-refractivity contribution in [2.24, 2.45) is 5.92 Å². The van der Waals surface area contributed by atoms with Crippen LogP contribution in [0.25, 0.3) is 10.6 Å². The lowest BCUT2D eigenvalue weighted by atomic mass is 10.1. The normalized spacial score (nSPS) is 13.4. The highest BCUT2D eigenvalue weighted by Crippen LogP contribution is 2.35. The number of hydrogen-bond donors (Lipinski definition) is 0. The van der Waals surface area contributed by atoms with Crippen LogP contribution >= 0.6 is 11.3 Å². The Bertz CT molecular complexity index is 977. The molecule has 2 aromatic carbocycles. The molecule has 1 heterocycles. The number of aryl methyl sites for hydroxylation is 1. The number of rotatable bonds is 6. The van der Waals surface area contributed by atoms with E-state index in [0.29, 0.717) is 28.7 Å². The molecule has 0 atom stereocenters. The number of carbonyl (C=O) groups is 2. The van der Waals surface area contributed by atoms with Gasteiger partial charge >= 0.3 is 0 Å². The second-order valence-corrected chi connectivity index (χ2v) is 7.76. The number of amides is 1. The number of aromatic nitrogens is 2. The van der Waals surface area contributed by atoms with Gasteiger partial charge < -0.3 is 0 Å². The van der Waals surface area contributed by atoms with Gasteiger partial charge in [-0.25, -0.2) is 0 Å². The number of anilines is 1. The Labute approximate surface area is 161 Å². The highest BCUT2D eigenvalue weighted by atomic mass is 32.1. The third-order valence-corrected chi connectivity index (χ3v) is 5.69. The van der Waals surface area contributed by atoms with Crippen molar-refractivity contribution in [1.82, 2.24) is 10.2 Å². The lowest BCUT2D eigenvalue weighted by Crippen LogP contribution is -2.33. The maximum absolute atomic E-state index is 13.2. The Balaban J connectivity index is 1.64. The zero-order valence-electron chi connectivity index (χ0n) is 15.0. The standard InChI is InChI=1S/C21H19N3O2S/c1-14-4-2-3-5-18(14)20(26)24(12-15-6-7-15)21-23-22-19(27-21)17-10-8-16(13-25)9-11-17/h2-5,8-11,13,15H,6-7,12H2,1H3. The topological polar surface area (TPSA) is 63.2 Å². The molecule has 0 bridgehead atoms. The molecule has 6 heteroatoms. The van der Waals surface area contributed by atoms with Crippen LogP contribution < -0.4 is 4.90 Å². The molecule has 5 nitrogen and oxygen atoms in total. The van der Waals surface area contributed by atoms with Crippen LogP contribution in [0, 0.1) is 12.8 Å². The van der Waals surface area contributed by atoms with Crippen molar-refractivity contribution in [3.05, 3.63) is 65.2 Å². The van der Waals surface area contributed by atoms with E-state index in [4.69, 9.17) is 0 Å². The fourth-order valence-corrected chi connectivity index (χ4v) is 3.77. The van der Waals surface area contributed by atoms with Gasteiger partial charge in [-0.3, -0.25) is 14.5 Å². The summed E-state index contributed by atoms with van der Waals surface area (Å²) < 4.78 is 0. The number of benzene rings is 2. The molecule has 1 aliphatic carbocycles. The van der Waals surface area contributed by atoms with Crippen LogP contribution in [0.4, 0.5) is 5.13 Å². The molecule has 0 unspecified atom stereocenters. The molecule has 27 heavy (non-hydrogen) atoms. The van der Waals surface area contributed by atoms with Crippen molar-refractivity contribution in [2.75, 3.05) is 11.4 Å². The Morgan fingerprint density at radius 2 is 1.89 bits per heavy atom. The summed E-state index contributed by atoms with van der Waals surface area (Å²) in [4.78, 5) is 25.8. The van der Waals surface area contributed by atoms with E-state index in [0.717, 1.165) is 35.3 Å².